The lowest BCUT2D eigenvalue weighted by Crippen LogP contribution is -1.97. The van der Waals surface area contributed by atoms with Crippen LogP contribution in [0.1, 0.15) is 61.9 Å². The molecule has 1 heterocycles. The smallest absolute Gasteiger partial charge is 0.313 e. The van der Waals surface area contributed by atoms with E-state index in [1.54, 1.807) is 11.3 Å². The monoisotopic (exact) mass is 313 g/mol. The minimum absolute atomic E-state index is 0.117. The van der Waals surface area contributed by atoms with Crippen molar-refractivity contribution in [2.24, 2.45) is 0 Å². The van der Waals surface area contributed by atoms with Crippen molar-refractivity contribution in [3.63, 3.8) is 0 Å². The first-order valence-electron chi connectivity index (χ1n) is 7.59. The average molecular weight is 313 g/mol. The second-order valence-corrected chi connectivity index (χ2v) is 7.67. The summed E-state index contributed by atoms with van der Waals surface area (Å²) in [6.45, 7) is 0. The lowest BCUT2D eigenvalue weighted by Gasteiger charge is -2.06. The highest BCUT2D eigenvalue weighted by molar-refractivity contribution is 8.01. The third-order valence-corrected chi connectivity index (χ3v) is 5.93. The van der Waals surface area contributed by atoms with Crippen molar-refractivity contribution in [2.45, 2.75) is 68.5 Å². The first-order valence-corrected chi connectivity index (χ1v) is 9.39. The van der Waals surface area contributed by atoms with Crippen LogP contribution in [-0.4, -0.2) is 21.8 Å². The minimum Gasteiger partial charge on any atom is -0.481 e. The Morgan fingerprint density at radius 1 is 1.05 bits per heavy atom. The van der Waals surface area contributed by atoms with E-state index in [0.29, 0.717) is 0 Å². The van der Waals surface area contributed by atoms with Crippen molar-refractivity contribution in [1.29, 1.82) is 0 Å². The van der Waals surface area contributed by atoms with E-state index >= 15 is 0 Å². The molecule has 0 radical (unpaired) electrons. The van der Waals surface area contributed by atoms with Gasteiger partial charge in [-0.15, -0.1) is 11.3 Å². The zero-order chi connectivity index (χ0) is 14.2. The molecule has 3 nitrogen and oxygen atoms in total. The van der Waals surface area contributed by atoms with E-state index < -0.39 is 5.97 Å². The van der Waals surface area contributed by atoms with E-state index in [0.717, 1.165) is 17.2 Å². The maximum atomic E-state index is 10.6. The third kappa shape index (κ3) is 5.44. The van der Waals surface area contributed by atoms with E-state index in [9.17, 15) is 4.79 Å². The third-order valence-electron chi connectivity index (χ3n) is 3.65. The maximum Gasteiger partial charge on any atom is 0.313 e. The molecule has 0 bridgehead atoms. The van der Waals surface area contributed by atoms with Gasteiger partial charge in [0, 0.05) is 4.88 Å². The number of thioether (sulfide) groups is 1. The number of nitrogens with zero attached hydrogens (tertiary/aromatic N) is 1. The summed E-state index contributed by atoms with van der Waals surface area (Å²) >= 11 is 3.08. The summed E-state index contributed by atoms with van der Waals surface area (Å²) in [6, 6.07) is 0. The van der Waals surface area contributed by atoms with Crippen LogP contribution in [0.2, 0.25) is 0 Å². The van der Waals surface area contributed by atoms with Gasteiger partial charge in [-0.1, -0.05) is 50.3 Å². The van der Waals surface area contributed by atoms with Gasteiger partial charge in [-0.2, -0.15) is 0 Å². The first-order chi connectivity index (χ1) is 9.75. The quantitative estimate of drug-likeness (QED) is 0.832. The van der Waals surface area contributed by atoms with Gasteiger partial charge in [-0.25, -0.2) is 4.98 Å². The Kier molecular flexibility index (Phi) is 6.87. The predicted molar refractivity (Wildman–Crippen MR) is 84.8 cm³/mol. The fourth-order valence-corrected chi connectivity index (χ4v) is 4.59. The van der Waals surface area contributed by atoms with E-state index in [2.05, 4.69) is 4.98 Å². The van der Waals surface area contributed by atoms with Crippen LogP contribution in [0.25, 0.3) is 0 Å². The second kappa shape index (κ2) is 8.67. The van der Waals surface area contributed by atoms with E-state index in [4.69, 9.17) is 5.11 Å². The van der Waals surface area contributed by atoms with Crippen LogP contribution in [0.3, 0.4) is 0 Å². The van der Waals surface area contributed by atoms with Gasteiger partial charge in [-0.05, 0) is 25.7 Å². The highest BCUT2D eigenvalue weighted by Gasteiger charge is 2.13. The Hall–Kier alpha value is -0.550. The van der Waals surface area contributed by atoms with Gasteiger partial charge in [0.1, 0.15) is 0 Å². The Labute approximate surface area is 129 Å². The molecule has 112 valence electrons. The fourth-order valence-electron chi connectivity index (χ4n) is 2.57. The van der Waals surface area contributed by atoms with Crippen LogP contribution < -0.4 is 0 Å². The summed E-state index contributed by atoms with van der Waals surface area (Å²) in [5, 5.41) is 8.76. The molecule has 0 amide bonds. The topological polar surface area (TPSA) is 50.2 Å². The van der Waals surface area contributed by atoms with Crippen molar-refractivity contribution < 1.29 is 9.90 Å². The number of aliphatic carboxylic acids is 1. The van der Waals surface area contributed by atoms with Crippen molar-refractivity contribution in [2.75, 3.05) is 5.75 Å². The molecule has 1 aromatic heterocycles. The van der Waals surface area contributed by atoms with Gasteiger partial charge in [0.25, 0.3) is 0 Å². The van der Waals surface area contributed by atoms with Crippen molar-refractivity contribution in [3.05, 3.63) is 10.6 Å². The number of fused-ring (bicyclic) bond motifs is 1. The summed E-state index contributed by atoms with van der Waals surface area (Å²) in [4.78, 5) is 16.7. The highest BCUT2D eigenvalue weighted by Crippen LogP contribution is 2.30. The van der Waals surface area contributed by atoms with Gasteiger partial charge in [0.15, 0.2) is 4.34 Å². The summed E-state index contributed by atoms with van der Waals surface area (Å²) in [6.07, 6.45) is 12.7. The van der Waals surface area contributed by atoms with E-state index in [1.807, 2.05) is 0 Å². The molecule has 1 aliphatic carbocycles. The number of aromatic nitrogens is 1. The second-order valence-electron chi connectivity index (χ2n) is 5.36. The summed E-state index contributed by atoms with van der Waals surface area (Å²) in [5.41, 5.74) is 1.24. The largest absolute Gasteiger partial charge is 0.481 e. The predicted octanol–water partition coefficient (Wildman–Crippen LogP) is 4.54. The van der Waals surface area contributed by atoms with Crippen LogP contribution in [0.4, 0.5) is 0 Å². The Morgan fingerprint density at radius 3 is 2.30 bits per heavy atom. The zero-order valence-electron chi connectivity index (χ0n) is 11.9. The van der Waals surface area contributed by atoms with Gasteiger partial charge in [-0.3, -0.25) is 4.79 Å². The molecule has 0 spiro atoms. The van der Waals surface area contributed by atoms with Gasteiger partial charge in [0.2, 0.25) is 0 Å². The normalized spacial score (nSPS) is 17.8. The van der Waals surface area contributed by atoms with E-state index in [-0.39, 0.29) is 5.75 Å². The molecule has 0 aromatic carbocycles. The molecule has 0 atom stereocenters. The average Bonchev–Trinajstić information content (AvgIpc) is 2.79. The highest BCUT2D eigenvalue weighted by atomic mass is 32.2. The van der Waals surface area contributed by atoms with Gasteiger partial charge >= 0.3 is 5.97 Å². The number of hydrogen-bond acceptors (Lipinski definition) is 4. The van der Waals surface area contributed by atoms with Crippen LogP contribution >= 0.6 is 23.1 Å². The molecule has 5 heteroatoms. The minimum atomic E-state index is -0.765. The lowest BCUT2D eigenvalue weighted by molar-refractivity contribution is -0.133. The summed E-state index contributed by atoms with van der Waals surface area (Å²) < 4.78 is 0.937. The number of aryl methyl sites for hydroxylation is 2. The molecule has 0 saturated carbocycles. The SMILES string of the molecule is O=C(O)CSc1nc2c(s1)CCCCCCCCCC2. The molecule has 1 aliphatic rings. The van der Waals surface area contributed by atoms with Crippen LogP contribution in [0.15, 0.2) is 4.34 Å². The van der Waals surface area contributed by atoms with Crippen molar-refractivity contribution in [3.8, 4) is 0 Å². The molecular formula is C15H23NO2S2. The van der Waals surface area contributed by atoms with E-state index in [1.165, 1.54) is 73.7 Å². The molecule has 0 saturated heterocycles. The molecular weight excluding hydrogens is 290 g/mol. The standard InChI is InChI=1S/C15H23NO2S2/c17-14(18)11-19-15-16-12-9-7-5-3-1-2-4-6-8-10-13(12)20-15/h1-11H2,(H,17,18). The number of carboxylic acids is 1. The molecule has 0 unspecified atom stereocenters. The molecule has 0 aliphatic heterocycles. The molecule has 1 N–H and O–H groups in total. The Morgan fingerprint density at radius 2 is 1.65 bits per heavy atom. The van der Waals surface area contributed by atoms with Crippen LogP contribution in [0.5, 0.6) is 0 Å². The Bertz CT molecular complexity index is 402. The first kappa shape index (κ1) is 15.8. The molecule has 1 aromatic rings. The number of carbonyl (C=O) groups is 1. The lowest BCUT2D eigenvalue weighted by atomic mass is 10.0. The number of hydrogen-bond donors (Lipinski definition) is 1. The van der Waals surface area contributed by atoms with Gasteiger partial charge < -0.3 is 5.11 Å². The zero-order valence-corrected chi connectivity index (χ0v) is 13.5. The maximum absolute atomic E-state index is 10.6. The summed E-state index contributed by atoms with van der Waals surface area (Å²) in [5.74, 6) is -0.647. The van der Waals surface area contributed by atoms with Crippen LogP contribution in [-0.2, 0) is 17.6 Å². The van der Waals surface area contributed by atoms with Crippen molar-refractivity contribution in [1.82, 2.24) is 4.98 Å². The fraction of sp³-hybridized carbons (Fsp3) is 0.733. The number of carboxylic acid groups (broad SMARTS) is 1. The molecule has 20 heavy (non-hydrogen) atoms. The summed E-state index contributed by atoms with van der Waals surface area (Å²) in [7, 11) is 0. The van der Waals surface area contributed by atoms with Crippen molar-refractivity contribution >= 4 is 29.1 Å². The molecule has 0 fully saturated rings. The number of rotatable bonds is 3. The van der Waals surface area contributed by atoms with Crippen LogP contribution in [0, 0.1) is 0 Å². The Balaban J connectivity index is 1.99. The molecule has 2 rings (SSSR count). The van der Waals surface area contributed by atoms with Gasteiger partial charge in [0.05, 0.1) is 11.4 Å². The number of thiazole rings is 1.